The second-order valence-electron chi connectivity index (χ2n) is 4.57. The molecule has 2 unspecified atom stereocenters. The van der Waals surface area contributed by atoms with E-state index in [1.807, 2.05) is 0 Å². The molecule has 76 valence electrons. The molecule has 0 radical (unpaired) electrons. The van der Waals surface area contributed by atoms with Gasteiger partial charge in [-0.2, -0.15) is 0 Å². The van der Waals surface area contributed by atoms with Crippen LogP contribution in [0.3, 0.4) is 0 Å². The Labute approximate surface area is 83.9 Å². The summed E-state index contributed by atoms with van der Waals surface area (Å²) in [6.45, 7) is 4.50. The third-order valence-electron chi connectivity index (χ3n) is 3.07. The highest BCUT2D eigenvalue weighted by Gasteiger charge is 2.50. The minimum absolute atomic E-state index is 0.138. The highest BCUT2D eigenvalue weighted by atomic mass is 15.2. The molecule has 1 fully saturated rings. The fourth-order valence-electron chi connectivity index (χ4n) is 1.96. The highest BCUT2D eigenvalue weighted by molar-refractivity contribution is 5.12. The Morgan fingerprint density at radius 1 is 1.57 bits per heavy atom. The molecule has 1 aliphatic carbocycles. The van der Waals surface area contributed by atoms with E-state index in [4.69, 9.17) is 5.84 Å². The van der Waals surface area contributed by atoms with Crippen molar-refractivity contribution in [2.75, 3.05) is 0 Å². The van der Waals surface area contributed by atoms with Crippen LogP contribution in [0.2, 0.25) is 0 Å². The van der Waals surface area contributed by atoms with Gasteiger partial charge >= 0.3 is 0 Å². The molecule has 4 heteroatoms. The first kappa shape index (κ1) is 9.55. The van der Waals surface area contributed by atoms with Gasteiger partial charge < -0.3 is 0 Å². The minimum atomic E-state index is 0.138. The third kappa shape index (κ3) is 1.63. The largest absolute Gasteiger partial charge is 0.271 e. The van der Waals surface area contributed by atoms with Gasteiger partial charge in [0.1, 0.15) is 0 Å². The van der Waals surface area contributed by atoms with E-state index in [-0.39, 0.29) is 6.04 Å². The average Bonchev–Trinajstić information content (AvgIpc) is 2.78. The topological polar surface area (TPSA) is 63.8 Å². The predicted molar refractivity (Wildman–Crippen MR) is 54.0 cm³/mol. The van der Waals surface area contributed by atoms with Gasteiger partial charge in [0.15, 0.2) is 0 Å². The van der Waals surface area contributed by atoms with Crippen LogP contribution in [0, 0.1) is 11.3 Å². The summed E-state index contributed by atoms with van der Waals surface area (Å²) >= 11 is 0. The zero-order valence-electron chi connectivity index (χ0n) is 8.57. The van der Waals surface area contributed by atoms with Crippen LogP contribution in [0.25, 0.3) is 0 Å². The maximum Gasteiger partial charge on any atom is 0.0772 e. The molecule has 1 heterocycles. The zero-order valence-corrected chi connectivity index (χ0v) is 8.57. The Balaban J connectivity index is 2.16. The highest BCUT2D eigenvalue weighted by Crippen LogP contribution is 2.57. The van der Waals surface area contributed by atoms with E-state index >= 15 is 0 Å². The number of nitrogens with two attached hydrogens (primary N) is 1. The van der Waals surface area contributed by atoms with Gasteiger partial charge in [0.05, 0.1) is 17.9 Å². The molecule has 0 saturated heterocycles. The molecule has 1 aliphatic rings. The number of hydrazine groups is 1. The Morgan fingerprint density at radius 3 is 2.71 bits per heavy atom. The van der Waals surface area contributed by atoms with Crippen LogP contribution < -0.4 is 11.3 Å². The molecule has 0 amide bonds. The zero-order chi connectivity index (χ0) is 10.2. The van der Waals surface area contributed by atoms with Crippen LogP contribution >= 0.6 is 0 Å². The van der Waals surface area contributed by atoms with E-state index in [0.717, 1.165) is 5.69 Å². The van der Waals surface area contributed by atoms with E-state index in [2.05, 4.69) is 29.2 Å². The lowest BCUT2D eigenvalue weighted by atomic mass is 10.0. The molecule has 3 N–H and O–H groups in total. The Bertz CT molecular complexity index is 309. The molecule has 2 atom stereocenters. The van der Waals surface area contributed by atoms with E-state index in [1.165, 1.54) is 6.42 Å². The van der Waals surface area contributed by atoms with Gasteiger partial charge in [-0.3, -0.25) is 21.2 Å². The van der Waals surface area contributed by atoms with Crippen LogP contribution in [0.1, 0.15) is 32.0 Å². The smallest absolute Gasteiger partial charge is 0.0772 e. The number of rotatable bonds is 3. The SMILES string of the molecule is CC1(C)CC1C(NN)c1cnccn1. The van der Waals surface area contributed by atoms with Crippen molar-refractivity contribution in [3.8, 4) is 0 Å². The molecule has 1 aromatic heterocycles. The van der Waals surface area contributed by atoms with Gasteiger partial charge in [0.2, 0.25) is 0 Å². The summed E-state index contributed by atoms with van der Waals surface area (Å²) in [5.74, 6) is 6.12. The van der Waals surface area contributed by atoms with Gasteiger partial charge in [-0.05, 0) is 17.8 Å². The fourth-order valence-corrected chi connectivity index (χ4v) is 1.96. The molecule has 2 rings (SSSR count). The van der Waals surface area contributed by atoms with Gasteiger partial charge in [0, 0.05) is 12.4 Å². The van der Waals surface area contributed by atoms with E-state index < -0.39 is 0 Å². The van der Waals surface area contributed by atoms with Crippen molar-refractivity contribution in [2.24, 2.45) is 17.2 Å². The summed E-state index contributed by atoms with van der Waals surface area (Å²) in [4.78, 5) is 8.33. The van der Waals surface area contributed by atoms with E-state index in [1.54, 1.807) is 18.6 Å². The van der Waals surface area contributed by atoms with Crippen LogP contribution in [0.15, 0.2) is 18.6 Å². The van der Waals surface area contributed by atoms with Gasteiger partial charge in [-0.1, -0.05) is 13.8 Å². The molecular formula is C10H16N4. The fraction of sp³-hybridized carbons (Fsp3) is 0.600. The molecule has 0 aliphatic heterocycles. The second-order valence-corrected chi connectivity index (χ2v) is 4.57. The standard InChI is InChI=1S/C10H16N4/c1-10(2)5-7(10)9(14-11)8-6-12-3-4-13-8/h3-4,6-7,9,14H,5,11H2,1-2H3. The molecule has 14 heavy (non-hydrogen) atoms. The number of hydrogen-bond donors (Lipinski definition) is 2. The van der Waals surface area contributed by atoms with Crippen molar-refractivity contribution in [3.63, 3.8) is 0 Å². The number of aromatic nitrogens is 2. The van der Waals surface area contributed by atoms with Crippen LogP contribution in [-0.2, 0) is 0 Å². The van der Waals surface area contributed by atoms with Crippen LogP contribution in [-0.4, -0.2) is 9.97 Å². The summed E-state index contributed by atoms with van der Waals surface area (Å²) in [5.41, 5.74) is 4.15. The first-order valence-electron chi connectivity index (χ1n) is 4.87. The van der Waals surface area contributed by atoms with E-state index in [0.29, 0.717) is 11.3 Å². The molecule has 0 bridgehead atoms. The number of nitrogens with one attached hydrogen (secondary N) is 1. The molecule has 1 saturated carbocycles. The summed E-state index contributed by atoms with van der Waals surface area (Å²) in [5, 5.41) is 0. The Kier molecular flexibility index (Phi) is 2.25. The first-order chi connectivity index (χ1) is 6.65. The molecule has 0 aromatic carbocycles. The van der Waals surface area contributed by atoms with Crippen molar-refractivity contribution in [1.82, 2.24) is 15.4 Å². The second kappa shape index (κ2) is 3.29. The number of hydrogen-bond acceptors (Lipinski definition) is 4. The van der Waals surface area contributed by atoms with Gasteiger partial charge in [0.25, 0.3) is 0 Å². The molecule has 1 aromatic rings. The predicted octanol–water partition coefficient (Wildman–Crippen LogP) is 1.03. The van der Waals surface area contributed by atoms with Crippen molar-refractivity contribution < 1.29 is 0 Å². The Morgan fingerprint density at radius 2 is 2.29 bits per heavy atom. The lowest BCUT2D eigenvalue weighted by molar-refractivity contribution is 0.414. The molecule has 4 nitrogen and oxygen atoms in total. The van der Waals surface area contributed by atoms with Crippen molar-refractivity contribution in [1.29, 1.82) is 0 Å². The summed E-state index contributed by atoms with van der Waals surface area (Å²) in [6.07, 6.45) is 6.35. The monoisotopic (exact) mass is 192 g/mol. The lowest BCUT2D eigenvalue weighted by Gasteiger charge is -2.16. The number of nitrogens with zero attached hydrogens (tertiary/aromatic N) is 2. The van der Waals surface area contributed by atoms with Crippen molar-refractivity contribution >= 4 is 0 Å². The minimum Gasteiger partial charge on any atom is -0.271 e. The quantitative estimate of drug-likeness (QED) is 0.554. The average molecular weight is 192 g/mol. The maximum atomic E-state index is 5.55. The third-order valence-corrected chi connectivity index (χ3v) is 3.07. The van der Waals surface area contributed by atoms with Gasteiger partial charge in [-0.15, -0.1) is 0 Å². The summed E-state index contributed by atoms with van der Waals surface area (Å²) in [7, 11) is 0. The summed E-state index contributed by atoms with van der Waals surface area (Å²) < 4.78 is 0. The van der Waals surface area contributed by atoms with Crippen LogP contribution in [0.5, 0.6) is 0 Å². The van der Waals surface area contributed by atoms with E-state index in [9.17, 15) is 0 Å². The Hall–Kier alpha value is -1.00. The first-order valence-corrected chi connectivity index (χ1v) is 4.87. The molecule has 0 spiro atoms. The van der Waals surface area contributed by atoms with Crippen molar-refractivity contribution in [3.05, 3.63) is 24.3 Å². The normalized spacial score (nSPS) is 25.8. The van der Waals surface area contributed by atoms with Crippen molar-refractivity contribution in [2.45, 2.75) is 26.3 Å². The van der Waals surface area contributed by atoms with Gasteiger partial charge in [-0.25, -0.2) is 0 Å². The molecular weight excluding hydrogens is 176 g/mol. The summed E-state index contributed by atoms with van der Waals surface area (Å²) in [6, 6.07) is 0.138. The maximum absolute atomic E-state index is 5.55. The lowest BCUT2D eigenvalue weighted by Crippen LogP contribution is -2.31. The van der Waals surface area contributed by atoms with Crippen LogP contribution in [0.4, 0.5) is 0 Å².